The van der Waals surface area contributed by atoms with Crippen LogP contribution in [0.5, 0.6) is 11.8 Å². The molecule has 5 aliphatic rings. The average Bonchev–Trinajstić information content (AvgIpc) is 3.70. The number of halogens is 2. The number of phenolic OH excluding ortho intramolecular Hbond substituents is 1. The lowest BCUT2D eigenvalue weighted by atomic mass is 9.82. The standard InChI is InChI=1S/C35H38BrFN6O2/c36-27-7-3-6-20-13-24(44)14-25(29(20)27)31-30(37)32-26(16-38-31)33(42-17-22-9-10-23(18-42)39-22)41-34(40-32)45-19-35-11-4-12-43(35)28-8-2-1-5-21(28)15-35/h3,6-7,13-14,16,21-23,28,39,44H,1-2,4-5,8-12,15,17-19H2. The fraction of sp³-hybridized carbons (Fsp3) is 0.514. The maximum absolute atomic E-state index is 16.9. The van der Waals surface area contributed by atoms with Gasteiger partial charge in [-0.05, 0) is 81.0 Å². The molecule has 234 valence electrons. The van der Waals surface area contributed by atoms with Crippen LogP contribution in [0.2, 0.25) is 0 Å². The molecule has 4 saturated heterocycles. The molecule has 5 atom stereocenters. The summed E-state index contributed by atoms with van der Waals surface area (Å²) in [7, 11) is 0. The minimum atomic E-state index is -0.533. The van der Waals surface area contributed by atoms with Gasteiger partial charge in [0.15, 0.2) is 5.82 Å². The second-order valence-electron chi connectivity index (χ2n) is 14.0. The van der Waals surface area contributed by atoms with Crippen LogP contribution < -0.4 is 15.0 Å². The quantitative estimate of drug-likeness (QED) is 0.246. The molecule has 9 rings (SSSR count). The lowest BCUT2D eigenvalue weighted by Crippen LogP contribution is -2.51. The molecule has 0 amide bonds. The molecule has 1 aliphatic carbocycles. The molecule has 2 aromatic heterocycles. The van der Waals surface area contributed by atoms with E-state index in [2.05, 4.69) is 36.0 Å². The van der Waals surface area contributed by atoms with E-state index in [4.69, 9.17) is 14.7 Å². The molecule has 4 aromatic rings. The number of hydrogen-bond donors (Lipinski definition) is 2. The SMILES string of the molecule is Oc1cc(-c2ncc3c(N4CC5CCC(C4)N5)nc(OCC45CCCN4C4CCCCC4C5)nc3c2F)c2c(Br)cccc2c1. The lowest BCUT2D eigenvalue weighted by Gasteiger charge is -2.36. The smallest absolute Gasteiger partial charge is 0.319 e. The number of aromatic hydroxyl groups is 1. The van der Waals surface area contributed by atoms with Crippen LogP contribution >= 0.6 is 15.9 Å². The monoisotopic (exact) mass is 672 g/mol. The van der Waals surface area contributed by atoms with Crippen LogP contribution in [0.3, 0.4) is 0 Å². The van der Waals surface area contributed by atoms with Gasteiger partial charge in [0.05, 0.1) is 10.9 Å². The Morgan fingerprint density at radius 3 is 2.78 bits per heavy atom. The summed E-state index contributed by atoms with van der Waals surface area (Å²) >= 11 is 3.64. The van der Waals surface area contributed by atoms with Gasteiger partial charge in [-0.3, -0.25) is 9.88 Å². The van der Waals surface area contributed by atoms with E-state index in [0.29, 0.717) is 41.5 Å². The Bertz CT molecular complexity index is 1810. The Hall–Kier alpha value is -3.08. The first kappa shape index (κ1) is 28.2. The number of pyridine rings is 1. The van der Waals surface area contributed by atoms with Crippen molar-refractivity contribution >= 4 is 43.4 Å². The van der Waals surface area contributed by atoms with Crippen molar-refractivity contribution in [1.82, 2.24) is 25.2 Å². The van der Waals surface area contributed by atoms with Gasteiger partial charge in [0.25, 0.3) is 0 Å². The minimum Gasteiger partial charge on any atom is -0.508 e. The zero-order chi connectivity index (χ0) is 30.3. The number of aromatic nitrogens is 3. The fourth-order valence-corrected chi connectivity index (χ4v) is 10.1. The first-order valence-corrected chi connectivity index (χ1v) is 17.4. The Kier molecular flexibility index (Phi) is 6.72. The van der Waals surface area contributed by atoms with Gasteiger partial charge >= 0.3 is 6.01 Å². The van der Waals surface area contributed by atoms with Crippen molar-refractivity contribution in [2.24, 2.45) is 5.92 Å². The summed E-state index contributed by atoms with van der Waals surface area (Å²) in [5.74, 6) is 0.955. The summed E-state index contributed by atoms with van der Waals surface area (Å²) in [5, 5.41) is 16.4. The van der Waals surface area contributed by atoms with Crippen LogP contribution in [0.4, 0.5) is 10.2 Å². The second-order valence-corrected chi connectivity index (χ2v) is 14.9. The van der Waals surface area contributed by atoms with E-state index in [1.54, 1.807) is 18.3 Å². The number of nitrogens with zero attached hydrogens (tertiary/aromatic N) is 5. The van der Waals surface area contributed by atoms with E-state index in [-0.39, 0.29) is 28.5 Å². The minimum absolute atomic E-state index is 0.0149. The normalized spacial score (nSPS) is 29.4. The van der Waals surface area contributed by atoms with E-state index in [1.165, 1.54) is 38.5 Å². The summed E-state index contributed by atoms with van der Waals surface area (Å²) in [4.78, 5) is 19.4. The molecule has 5 unspecified atom stereocenters. The predicted molar refractivity (Wildman–Crippen MR) is 176 cm³/mol. The summed E-state index contributed by atoms with van der Waals surface area (Å²) in [5.41, 5.74) is 0.872. The Morgan fingerprint density at radius 2 is 1.91 bits per heavy atom. The number of anilines is 1. The van der Waals surface area contributed by atoms with Crippen molar-refractivity contribution < 1.29 is 14.2 Å². The molecule has 6 heterocycles. The Morgan fingerprint density at radius 1 is 1.07 bits per heavy atom. The number of fused-ring (bicyclic) bond motifs is 7. The van der Waals surface area contributed by atoms with E-state index in [0.717, 1.165) is 60.1 Å². The number of hydrogen-bond acceptors (Lipinski definition) is 8. The number of benzene rings is 2. The highest BCUT2D eigenvalue weighted by Crippen LogP contribution is 2.50. The molecule has 4 aliphatic heterocycles. The zero-order valence-electron chi connectivity index (χ0n) is 25.3. The van der Waals surface area contributed by atoms with Crippen LogP contribution in [0.15, 0.2) is 41.0 Å². The van der Waals surface area contributed by atoms with Gasteiger partial charge < -0.3 is 20.1 Å². The van der Waals surface area contributed by atoms with Crippen LogP contribution in [0.1, 0.15) is 57.8 Å². The predicted octanol–water partition coefficient (Wildman–Crippen LogP) is 6.57. The Labute approximate surface area is 270 Å². The summed E-state index contributed by atoms with van der Waals surface area (Å²) < 4.78 is 24.2. The molecule has 0 spiro atoms. The van der Waals surface area contributed by atoms with E-state index < -0.39 is 5.82 Å². The highest BCUT2D eigenvalue weighted by Gasteiger charge is 2.54. The zero-order valence-corrected chi connectivity index (χ0v) is 26.9. The number of rotatable bonds is 5. The lowest BCUT2D eigenvalue weighted by molar-refractivity contribution is 0.0777. The van der Waals surface area contributed by atoms with E-state index >= 15 is 4.39 Å². The van der Waals surface area contributed by atoms with Crippen molar-refractivity contribution in [3.05, 3.63) is 46.8 Å². The average molecular weight is 674 g/mol. The molecule has 10 heteroatoms. The first-order valence-electron chi connectivity index (χ1n) is 16.6. The molecule has 0 radical (unpaired) electrons. The van der Waals surface area contributed by atoms with Gasteiger partial charge in [0, 0.05) is 52.8 Å². The molecular weight excluding hydrogens is 635 g/mol. The molecule has 2 aromatic carbocycles. The molecular formula is C35H38BrFN6O2. The molecule has 2 bridgehead atoms. The van der Waals surface area contributed by atoms with Gasteiger partial charge in [-0.2, -0.15) is 9.97 Å². The van der Waals surface area contributed by atoms with Crippen LogP contribution in [0.25, 0.3) is 32.9 Å². The largest absolute Gasteiger partial charge is 0.508 e. The number of phenols is 1. The topological polar surface area (TPSA) is 86.6 Å². The maximum Gasteiger partial charge on any atom is 0.319 e. The summed E-state index contributed by atoms with van der Waals surface area (Å²) in [6.45, 7) is 3.27. The molecule has 2 N–H and O–H groups in total. The first-order chi connectivity index (χ1) is 22.0. The molecule has 8 nitrogen and oxygen atoms in total. The fourth-order valence-electron chi connectivity index (χ4n) is 9.47. The van der Waals surface area contributed by atoms with Crippen LogP contribution in [-0.4, -0.2) is 74.9 Å². The molecule has 5 fully saturated rings. The molecule has 1 saturated carbocycles. The number of nitrogens with one attached hydrogen (secondary N) is 1. The summed E-state index contributed by atoms with van der Waals surface area (Å²) in [6.07, 6.45) is 12.7. The van der Waals surface area contributed by atoms with Crippen molar-refractivity contribution in [2.75, 3.05) is 31.1 Å². The van der Waals surface area contributed by atoms with Crippen LogP contribution in [-0.2, 0) is 0 Å². The highest BCUT2D eigenvalue weighted by molar-refractivity contribution is 9.10. The van der Waals surface area contributed by atoms with Crippen molar-refractivity contribution in [3.63, 3.8) is 0 Å². The Balaban J connectivity index is 1.15. The van der Waals surface area contributed by atoms with Crippen molar-refractivity contribution in [1.29, 1.82) is 0 Å². The van der Waals surface area contributed by atoms with Crippen molar-refractivity contribution in [2.45, 2.75) is 81.5 Å². The van der Waals surface area contributed by atoms with Crippen LogP contribution in [0, 0.1) is 11.7 Å². The van der Waals surface area contributed by atoms with Gasteiger partial charge in [-0.25, -0.2) is 4.39 Å². The molecule has 45 heavy (non-hydrogen) atoms. The third-order valence-electron chi connectivity index (χ3n) is 11.4. The van der Waals surface area contributed by atoms with Gasteiger partial charge in [-0.15, -0.1) is 0 Å². The van der Waals surface area contributed by atoms with Gasteiger partial charge in [0.2, 0.25) is 0 Å². The van der Waals surface area contributed by atoms with Gasteiger partial charge in [-0.1, -0.05) is 40.9 Å². The van der Waals surface area contributed by atoms with Gasteiger partial charge in [0.1, 0.15) is 29.4 Å². The maximum atomic E-state index is 16.9. The number of ether oxygens (including phenoxy) is 1. The third kappa shape index (κ3) is 4.61. The van der Waals surface area contributed by atoms with Crippen molar-refractivity contribution in [3.8, 4) is 23.0 Å². The number of piperazine rings is 1. The van der Waals surface area contributed by atoms with E-state index in [1.807, 2.05) is 18.2 Å². The highest BCUT2D eigenvalue weighted by atomic mass is 79.9. The third-order valence-corrected chi connectivity index (χ3v) is 12.0. The van der Waals surface area contributed by atoms with E-state index in [9.17, 15) is 5.11 Å². The second kappa shape index (κ2) is 10.7. The summed E-state index contributed by atoms with van der Waals surface area (Å²) in [6, 6.07) is 10.6.